The van der Waals surface area contributed by atoms with Crippen molar-refractivity contribution in [2.45, 2.75) is 19.0 Å². The molecule has 0 spiro atoms. The number of benzene rings is 1. The van der Waals surface area contributed by atoms with Gasteiger partial charge in [-0.2, -0.15) is 13.2 Å². The van der Waals surface area contributed by atoms with Crippen molar-refractivity contribution in [1.29, 1.82) is 0 Å². The maximum atomic E-state index is 12.4. The third kappa shape index (κ3) is 5.22. The molecule has 22 heavy (non-hydrogen) atoms. The van der Waals surface area contributed by atoms with Crippen LogP contribution in [0.15, 0.2) is 24.3 Å². The van der Waals surface area contributed by atoms with E-state index in [1.54, 1.807) is 0 Å². The van der Waals surface area contributed by atoms with Gasteiger partial charge in [0.25, 0.3) is 5.91 Å². The Kier molecular flexibility index (Phi) is 5.65. The maximum Gasteiger partial charge on any atom is 0.416 e. The fourth-order valence-electron chi connectivity index (χ4n) is 2.30. The van der Waals surface area contributed by atoms with Crippen LogP contribution >= 0.6 is 0 Å². The van der Waals surface area contributed by atoms with Gasteiger partial charge in [0, 0.05) is 6.54 Å². The first-order valence-electron chi connectivity index (χ1n) is 7.22. The van der Waals surface area contributed by atoms with E-state index in [4.69, 9.17) is 4.74 Å². The molecule has 1 heterocycles. The van der Waals surface area contributed by atoms with Crippen molar-refractivity contribution in [3.05, 3.63) is 29.8 Å². The zero-order valence-corrected chi connectivity index (χ0v) is 12.1. The van der Waals surface area contributed by atoms with Gasteiger partial charge in [-0.15, -0.1) is 0 Å². The predicted octanol–water partition coefficient (Wildman–Crippen LogP) is 2.20. The summed E-state index contributed by atoms with van der Waals surface area (Å²) in [7, 11) is 0. The molecule has 0 aliphatic carbocycles. The lowest BCUT2D eigenvalue weighted by atomic mass is 10.00. The Hall–Kier alpha value is -1.76. The number of rotatable bonds is 5. The Morgan fingerprint density at radius 2 is 2.05 bits per heavy atom. The summed E-state index contributed by atoms with van der Waals surface area (Å²) in [4.78, 5) is 11.6. The summed E-state index contributed by atoms with van der Waals surface area (Å²) in [6.45, 7) is 2.29. The molecule has 2 N–H and O–H groups in total. The lowest BCUT2D eigenvalue weighted by molar-refractivity contribution is -0.137. The molecule has 1 aliphatic heterocycles. The van der Waals surface area contributed by atoms with E-state index >= 15 is 0 Å². The van der Waals surface area contributed by atoms with Crippen LogP contribution in [-0.2, 0) is 11.0 Å². The number of hydrogen-bond acceptors (Lipinski definition) is 3. The van der Waals surface area contributed by atoms with Crippen molar-refractivity contribution in [1.82, 2.24) is 10.6 Å². The van der Waals surface area contributed by atoms with Gasteiger partial charge in [0.15, 0.2) is 6.61 Å². The Balaban J connectivity index is 1.71. The molecule has 1 aromatic rings. The second-order valence-electron chi connectivity index (χ2n) is 5.33. The number of halogens is 3. The highest BCUT2D eigenvalue weighted by Gasteiger charge is 2.30. The number of amides is 1. The molecule has 0 bridgehead atoms. The van der Waals surface area contributed by atoms with E-state index in [0.717, 1.165) is 38.1 Å². The molecule has 0 aromatic heterocycles. The summed E-state index contributed by atoms with van der Waals surface area (Å²) in [6, 6.07) is 4.28. The number of nitrogens with one attached hydrogen (secondary N) is 2. The molecule has 2 rings (SSSR count). The van der Waals surface area contributed by atoms with Gasteiger partial charge in [-0.05, 0) is 56.1 Å². The standard InChI is InChI=1S/C15H19F3N2O2/c16-15(17,18)12-3-5-13(6-4-12)22-10-14(21)20-9-11-2-1-7-19-8-11/h3-6,11,19H,1-2,7-10H2,(H,20,21). The molecule has 1 unspecified atom stereocenters. The molecule has 1 aromatic carbocycles. The van der Waals surface area contributed by atoms with Crippen molar-refractivity contribution in [3.63, 3.8) is 0 Å². The zero-order chi connectivity index (χ0) is 16.0. The Bertz CT molecular complexity index is 483. The number of piperidine rings is 1. The summed E-state index contributed by atoms with van der Waals surface area (Å²) in [5, 5.41) is 6.03. The third-order valence-electron chi connectivity index (χ3n) is 3.54. The highest BCUT2D eigenvalue weighted by molar-refractivity contribution is 5.77. The maximum absolute atomic E-state index is 12.4. The van der Waals surface area contributed by atoms with Crippen molar-refractivity contribution in [2.24, 2.45) is 5.92 Å². The van der Waals surface area contributed by atoms with Crippen molar-refractivity contribution in [3.8, 4) is 5.75 Å². The van der Waals surface area contributed by atoms with E-state index in [-0.39, 0.29) is 18.3 Å². The van der Waals surface area contributed by atoms with Crippen LogP contribution in [0.5, 0.6) is 5.75 Å². The minimum atomic E-state index is -4.37. The van der Waals surface area contributed by atoms with Crippen LogP contribution in [0.25, 0.3) is 0 Å². The number of carbonyl (C=O) groups is 1. The van der Waals surface area contributed by atoms with E-state index in [1.807, 2.05) is 0 Å². The number of alkyl halides is 3. The van der Waals surface area contributed by atoms with E-state index in [2.05, 4.69) is 10.6 Å². The van der Waals surface area contributed by atoms with Gasteiger partial charge in [-0.1, -0.05) is 0 Å². The molecule has 1 atom stereocenters. The smallest absolute Gasteiger partial charge is 0.416 e. The van der Waals surface area contributed by atoms with Gasteiger partial charge in [0.1, 0.15) is 5.75 Å². The van der Waals surface area contributed by atoms with E-state index in [0.29, 0.717) is 12.5 Å². The van der Waals surface area contributed by atoms with Crippen LogP contribution in [0.3, 0.4) is 0 Å². The molecule has 4 nitrogen and oxygen atoms in total. The van der Waals surface area contributed by atoms with Crippen LogP contribution in [0, 0.1) is 5.92 Å². The quantitative estimate of drug-likeness (QED) is 0.875. The second kappa shape index (κ2) is 7.49. The van der Waals surface area contributed by atoms with Crippen LogP contribution < -0.4 is 15.4 Å². The molecule has 1 aliphatic rings. The lowest BCUT2D eigenvalue weighted by Crippen LogP contribution is -2.39. The van der Waals surface area contributed by atoms with E-state index in [9.17, 15) is 18.0 Å². The topological polar surface area (TPSA) is 50.4 Å². The first-order valence-corrected chi connectivity index (χ1v) is 7.22. The van der Waals surface area contributed by atoms with Crippen LogP contribution in [0.2, 0.25) is 0 Å². The van der Waals surface area contributed by atoms with Gasteiger partial charge >= 0.3 is 6.18 Å². The molecule has 1 fully saturated rings. The summed E-state index contributed by atoms with van der Waals surface area (Å²) < 4.78 is 42.4. The molecular formula is C15H19F3N2O2. The number of hydrogen-bond donors (Lipinski definition) is 2. The molecule has 7 heteroatoms. The van der Waals surface area contributed by atoms with Crippen LogP contribution in [0.4, 0.5) is 13.2 Å². The zero-order valence-electron chi connectivity index (χ0n) is 12.1. The number of carbonyl (C=O) groups excluding carboxylic acids is 1. The average molecular weight is 316 g/mol. The molecule has 122 valence electrons. The average Bonchev–Trinajstić information content (AvgIpc) is 2.51. The van der Waals surface area contributed by atoms with Gasteiger partial charge in [0.05, 0.1) is 5.56 Å². The largest absolute Gasteiger partial charge is 0.484 e. The van der Waals surface area contributed by atoms with Crippen molar-refractivity contribution in [2.75, 3.05) is 26.2 Å². The highest BCUT2D eigenvalue weighted by Crippen LogP contribution is 2.30. The van der Waals surface area contributed by atoms with Crippen LogP contribution in [-0.4, -0.2) is 32.1 Å². The summed E-state index contributed by atoms with van der Waals surface area (Å²) in [5.74, 6) is 0.386. The van der Waals surface area contributed by atoms with E-state index < -0.39 is 11.7 Å². The summed E-state index contributed by atoms with van der Waals surface area (Å²) in [5.41, 5.74) is -0.742. The highest BCUT2D eigenvalue weighted by atomic mass is 19.4. The Morgan fingerprint density at radius 1 is 1.32 bits per heavy atom. The minimum absolute atomic E-state index is 0.203. The molecular weight excluding hydrogens is 297 g/mol. The molecule has 0 radical (unpaired) electrons. The Labute approximate surface area is 127 Å². The first-order chi connectivity index (χ1) is 10.4. The van der Waals surface area contributed by atoms with Crippen LogP contribution in [0.1, 0.15) is 18.4 Å². The van der Waals surface area contributed by atoms with Gasteiger partial charge in [-0.3, -0.25) is 4.79 Å². The van der Waals surface area contributed by atoms with Gasteiger partial charge in [0.2, 0.25) is 0 Å². The number of ether oxygens (including phenoxy) is 1. The Morgan fingerprint density at radius 3 is 2.64 bits per heavy atom. The third-order valence-corrected chi connectivity index (χ3v) is 3.54. The fourth-order valence-corrected chi connectivity index (χ4v) is 2.30. The second-order valence-corrected chi connectivity index (χ2v) is 5.33. The summed E-state index contributed by atoms with van der Waals surface area (Å²) >= 11 is 0. The van der Waals surface area contributed by atoms with Gasteiger partial charge in [-0.25, -0.2) is 0 Å². The SMILES string of the molecule is O=C(COc1ccc(C(F)(F)F)cc1)NCC1CCCNC1. The van der Waals surface area contributed by atoms with Crippen molar-refractivity contribution >= 4 is 5.91 Å². The monoisotopic (exact) mass is 316 g/mol. The predicted molar refractivity (Wildman–Crippen MR) is 75.5 cm³/mol. The molecule has 1 amide bonds. The minimum Gasteiger partial charge on any atom is -0.484 e. The van der Waals surface area contributed by atoms with Gasteiger partial charge < -0.3 is 15.4 Å². The first kappa shape index (κ1) is 16.6. The lowest BCUT2D eigenvalue weighted by Gasteiger charge is -2.22. The fraction of sp³-hybridized carbons (Fsp3) is 0.533. The summed E-state index contributed by atoms with van der Waals surface area (Å²) in [6.07, 6.45) is -2.19. The normalized spacial score (nSPS) is 18.8. The molecule has 1 saturated heterocycles. The van der Waals surface area contributed by atoms with E-state index in [1.165, 1.54) is 12.1 Å². The van der Waals surface area contributed by atoms with Crippen molar-refractivity contribution < 1.29 is 22.7 Å². The molecule has 0 saturated carbocycles.